The molecule has 1 aliphatic rings. The molecule has 0 aromatic heterocycles. The molecule has 2 rings (SSSR count). The summed E-state index contributed by atoms with van der Waals surface area (Å²) in [6.07, 6.45) is 2.82. The first-order valence-corrected chi connectivity index (χ1v) is 9.14. The smallest absolute Gasteiger partial charge is 0.226 e. The summed E-state index contributed by atoms with van der Waals surface area (Å²) < 4.78 is 30.1. The summed E-state index contributed by atoms with van der Waals surface area (Å²) >= 11 is 0. The van der Waals surface area contributed by atoms with E-state index in [0.717, 1.165) is 17.6 Å². The zero-order chi connectivity index (χ0) is 16.2. The van der Waals surface area contributed by atoms with Crippen molar-refractivity contribution in [1.29, 1.82) is 0 Å². The molecule has 1 saturated heterocycles. The molecule has 122 valence electrons. The molecule has 1 fully saturated rings. The molecule has 0 saturated carbocycles. The number of methoxy groups -OCH3 is 1. The van der Waals surface area contributed by atoms with E-state index in [4.69, 9.17) is 4.74 Å². The molecule has 0 atom stereocenters. The molecule has 1 aromatic carbocycles. The normalized spacial score (nSPS) is 16.5. The number of piperidine rings is 1. The van der Waals surface area contributed by atoms with Crippen LogP contribution in [0.2, 0.25) is 0 Å². The zero-order valence-electron chi connectivity index (χ0n) is 12.9. The van der Waals surface area contributed by atoms with Gasteiger partial charge in [0.2, 0.25) is 15.9 Å². The Bertz CT molecular complexity index is 605. The summed E-state index contributed by atoms with van der Waals surface area (Å²) in [7, 11) is -1.58. The molecule has 1 N–H and O–H groups in total. The lowest BCUT2D eigenvalue weighted by Crippen LogP contribution is -2.46. The van der Waals surface area contributed by atoms with Crippen LogP contribution in [0.15, 0.2) is 24.3 Å². The average Bonchev–Trinajstić information content (AvgIpc) is 2.47. The fourth-order valence-corrected chi connectivity index (χ4v) is 3.42. The number of nitrogens with zero attached hydrogens (tertiary/aromatic N) is 1. The van der Waals surface area contributed by atoms with Gasteiger partial charge in [-0.15, -0.1) is 0 Å². The molecule has 0 aliphatic carbocycles. The Labute approximate surface area is 131 Å². The molecule has 0 spiro atoms. The second-order valence-electron chi connectivity index (χ2n) is 5.57. The van der Waals surface area contributed by atoms with Crippen molar-refractivity contribution in [1.82, 2.24) is 9.62 Å². The van der Waals surface area contributed by atoms with Crippen LogP contribution in [-0.2, 0) is 21.2 Å². The van der Waals surface area contributed by atoms with Gasteiger partial charge in [-0.1, -0.05) is 12.1 Å². The summed E-state index contributed by atoms with van der Waals surface area (Å²) in [5, 5.41) is 0. The first-order chi connectivity index (χ1) is 10.4. The topological polar surface area (TPSA) is 75.7 Å². The molecule has 22 heavy (non-hydrogen) atoms. The minimum atomic E-state index is -3.18. The maximum atomic E-state index is 12.3. The monoisotopic (exact) mass is 326 g/mol. The number of likely N-dealkylation sites (tertiary alicyclic amines) is 1. The van der Waals surface area contributed by atoms with E-state index in [1.807, 2.05) is 24.3 Å². The Morgan fingerprint density at radius 2 is 1.86 bits per heavy atom. The summed E-state index contributed by atoms with van der Waals surface area (Å²) in [5.41, 5.74) is 0.946. The van der Waals surface area contributed by atoms with Gasteiger partial charge in [0.15, 0.2) is 0 Å². The summed E-state index contributed by atoms with van der Waals surface area (Å²) in [5.74, 6) is 0.840. The van der Waals surface area contributed by atoms with Crippen LogP contribution < -0.4 is 9.46 Å². The quantitative estimate of drug-likeness (QED) is 0.867. The second kappa shape index (κ2) is 7.11. The summed E-state index contributed by atoms with van der Waals surface area (Å²) in [4.78, 5) is 14.1. The number of nitrogens with one attached hydrogen (secondary N) is 1. The van der Waals surface area contributed by atoms with Gasteiger partial charge in [0.1, 0.15) is 5.75 Å². The molecular formula is C15H22N2O4S. The lowest BCUT2D eigenvalue weighted by Gasteiger charge is -2.32. The Hall–Kier alpha value is -1.60. The third kappa shape index (κ3) is 4.99. The molecule has 1 heterocycles. The number of rotatable bonds is 5. The predicted octanol–water partition coefficient (Wildman–Crippen LogP) is 0.778. The van der Waals surface area contributed by atoms with Gasteiger partial charge in [0.05, 0.1) is 19.8 Å². The van der Waals surface area contributed by atoms with Gasteiger partial charge < -0.3 is 9.64 Å². The van der Waals surface area contributed by atoms with Crippen LogP contribution in [0, 0.1) is 0 Å². The summed E-state index contributed by atoms with van der Waals surface area (Å²) in [6, 6.07) is 7.37. The van der Waals surface area contributed by atoms with Gasteiger partial charge in [-0.05, 0) is 30.5 Å². The first-order valence-electron chi connectivity index (χ1n) is 7.25. The number of carbonyl (C=O) groups is 1. The van der Waals surface area contributed by atoms with Crippen molar-refractivity contribution in [2.24, 2.45) is 0 Å². The van der Waals surface area contributed by atoms with E-state index in [1.165, 1.54) is 0 Å². The molecule has 1 aliphatic heterocycles. The number of benzene rings is 1. The fourth-order valence-electron chi connectivity index (χ4n) is 2.58. The van der Waals surface area contributed by atoms with E-state index in [-0.39, 0.29) is 11.9 Å². The highest BCUT2D eigenvalue weighted by molar-refractivity contribution is 7.88. The number of hydrogen-bond donors (Lipinski definition) is 1. The minimum absolute atomic E-state index is 0.0694. The number of sulfonamides is 1. The van der Waals surface area contributed by atoms with Gasteiger partial charge in [-0.25, -0.2) is 13.1 Å². The molecule has 1 amide bonds. The van der Waals surface area contributed by atoms with Crippen molar-refractivity contribution < 1.29 is 17.9 Å². The van der Waals surface area contributed by atoms with Crippen LogP contribution in [-0.4, -0.2) is 51.7 Å². The Kier molecular flexibility index (Phi) is 5.42. The van der Waals surface area contributed by atoms with E-state index in [0.29, 0.717) is 32.4 Å². The number of amides is 1. The van der Waals surface area contributed by atoms with Gasteiger partial charge in [-0.2, -0.15) is 0 Å². The average molecular weight is 326 g/mol. The van der Waals surface area contributed by atoms with Crippen molar-refractivity contribution in [2.75, 3.05) is 26.5 Å². The SMILES string of the molecule is COc1ccc(CC(=O)N2CCC(NS(C)(=O)=O)CC2)cc1. The van der Waals surface area contributed by atoms with Crippen molar-refractivity contribution in [2.45, 2.75) is 25.3 Å². The molecule has 1 aromatic rings. The maximum absolute atomic E-state index is 12.3. The Morgan fingerprint density at radius 1 is 1.27 bits per heavy atom. The highest BCUT2D eigenvalue weighted by Crippen LogP contribution is 2.15. The largest absolute Gasteiger partial charge is 0.497 e. The molecule has 0 bridgehead atoms. The van der Waals surface area contributed by atoms with Crippen LogP contribution >= 0.6 is 0 Å². The van der Waals surface area contributed by atoms with Crippen molar-refractivity contribution in [3.05, 3.63) is 29.8 Å². The molecule has 0 unspecified atom stereocenters. The molecule has 7 heteroatoms. The number of carbonyl (C=O) groups excluding carboxylic acids is 1. The second-order valence-corrected chi connectivity index (χ2v) is 7.35. The minimum Gasteiger partial charge on any atom is -0.497 e. The lowest BCUT2D eigenvalue weighted by molar-refractivity contribution is -0.131. The molecular weight excluding hydrogens is 304 g/mol. The standard InChI is InChI=1S/C15H22N2O4S/c1-21-14-5-3-12(4-6-14)11-15(18)17-9-7-13(8-10-17)16-22(2,19)20/h3-6,13,16H,7-11H2,1-2H3. The third-order valence-corrected chi connectivity index (χ3v) is 4.50. The lowest BCUT2D eigenvalue weighted by atomic mass is 10.0. The van der Waals surface area contributed by atoms with Gasteiger partial charge >= 0.3 is 0 Å². The van der Waals surface area contributed by atoms with E-state index < -0.39 is 10.0 Å². The van der Waals surface area contributed by atoms with Crippen LogP contribution in [0.4, 0.5) is 0 Å². The van der Waals surface area contributed by atoms with Gasteiger partial charge in [0.25, 0.3) is 0 Å². The highest BCUT2D eigenvalue weighted by Gasteiger charge is 2.24. The first kappa shape index (κ1) is 16.8. The van der Waals surface area contributed by atoms with Crippen LogP contribution in [0.5, 0.6) is 5.75 Å². The van der Waals surface area contributed by atoms with Crippen LogP contribution in [0.1, 0.15) is 18.4 Å². The maximum Gasteiger partial charge on any atom is 0.226 e. The highest BCUT2D eigenvalue weighted by atomic mass is 32.2. The Balaban J connectivity index is 1.84. The molecule has 6 nitrogen and oxygen atoms in total. The van der Waals surface area contributed by atoms with Crippen molar-refractivity contribution in [3.8, 4) is 5.75 Å². The van der Waals surface area contributed by atoms with Crippen LogP contribution in [0.25, 0.3) is 0 Å². The van der Waals surface area contributed by atoms with E-state index in [1.54, 1.807) is 12.0 Å². The van der Waals surface area contributed by atoms with Crippen LogP contribution in [0.3, 0.4) is 0 Å². The zero-order valence-corrected chi connectivity index (χ0v) is 13.7. The van der Waals surface area contributed by atoms with Gasteiger partial charge in [0, 0.05) is 19.1 Å². The predicted molar refractivity (Wildman–Crippen MR) is 84.3 cm³/mol. The molecule has 0 radical (unpaired) electrons. The number of ether oxygens (including phenoxy) is 1. The van der Waals surface area contributed by atoms with Crippen molar-refractivity contribution >= 4 is 15.9 Å². The Morgan fingerprint density at radius 3 is 2.36 bits per heavy atom. The van der Waals surface area contributed by atoms with E-state index >= 15 is 0 Å². The van der Waals surface area contributed by atoms with Gasteiger partial charge in [-0.3, -0.25) is 4.79 Å². The van der Waals surface area contributed by atoms with E-state index in [2.05, 4.69) is 4.72 Å². The fraction of sp³-hybridized carbons (Fsp3) is 0.533. The summed E-state index contributed by atoms with van der Waals surface area (Å²) in [6.45, 7) is 1.17. The third-order valence-electron chi connectivity index (χ3n) is 3.74. The number of hydrogen-bond acceptors (Lipinski definition) is 4. The van der Waals surface area contributed by atoms with Crippen molar-refractivity contribution in [3.63, 3.8) is 0 Å². The van der Waals surface area contributed by atoms with E-state index in [9.17, 15) is 13.2 Å².